The molecule has 0 saturated carbocycles. The van der Waals surface area contributed by atoms with Crippen molar-refractivity contribution in [3.63, 3.8) is 0 Å². The Morgan fingerprint density at radius 2 is 2.04 bits per heavy atom. The van der Waals surface area contributed by atoms with Crippen LogP contribution in [0.15, 0.2) is 29.2 Å². The van der Waals surface area contributed by atoms with Crippen LogP contribution in [0.3, 0.4) is 0 Å². The fraction of sp³-hybridized carbons (Fsp3) is 0.312. The third-order valence-electron chi connectivity index (χ3n) is 3.25. The van der Waals surface area contributed by atoms with Gasteiger partial charge in [0.2, 0.25) is 5.91 Å². The molecule has 1 aliphatic rings. The summed E-state index contributed by atoms with van der Waals surface area (Å²) in [6.07, 6.45) is 1.32. The van der Waals surface area contributed by atoms with Crippen molar-refractivity contribution in [2.45, 2.75) is 0 Å². The number of carbonyl (C=O) groups excluding carboxylic acids is 3. The lowest BCUT2D eigenvalue weighted by atomic mass is 10.2. The van der Waals surface area contributed by atoms with Gasteiger partial charge in [-0.3, -0.25) is 19.3 Å². The highest BCUT2D eigenvalue weighted by Crippen LogP contribution is 2.32. The molecule has 1 heterocycles. The monoisotopic (exact) mass is 351 g/mol. The molecule has 1 fully saturated rings. The normalized spacial score (nSPS) is 16.3. The predicted octanol–water partition coefficient (Wildman–Crippen LogP) is 1.54. The van der Waals surface area contributed by atoms with Crippen LogP contribution in [0.25, 0.3) is 6.08 Å². The van der Waals surface area contributed by atoms with Gasteiger partial charge in [-0.1, -0.05) is 18.2 Å². The van der Waals surface area contributed by atoms with E-state index in [-0.39, 0.29) is 17.0 Å². The van der Waals surface area contributed by atoms with E-state index in [1.165, 1.54) is 24.3 Å². The van der Waals surface area contributed by atoms with Gasteiger partial charge in [0.05, 0.1) is 4.91 Å². The number of amides is 3. The van der Waals surface area contributed by atoms with E-state index >= 15 is 0 Å². The Labute approximate surface area is 143 Å². The SMILES string of the molecule is CN(C)CCNC(=O)CN1C(=O)S/C(=C/c2ccccc2F)C1=O. The van der Waals surface area contributed by atoms with Gasteiger partial charge in [-0.25, -0.2) is 4.39 Å². The third kappa shape index (κ3) is 4.65. The summed E-state index contributed by atoms with van der Waals surface area (Å²) < 4.78 is 13.6. The summed E-state index contributed by atoms with van der Waals surface area (Å²) in [4.78, 5) is 38.9. The molecule has 1 aromatic rings. The van der Waals surface area contributed by atoms with E-state index in [0.717, 1.165) is 4.90 Å². The maximum Gasteiger partial charge on any atom is 0.294 e. The number of halogens is 1. The summed E-state index contributed by atoms with van der Waals surface area (Å²) in [6.45, 7) is 0.737. The standard InChI is InChI=1S/C16H18FN3O3S/c1-19(2)8-7-18-14(21)10-20-15(22)13(24-16(20)23)9-11-5-3-4-6-12(11)17/h3-6,9H,7-8,10H2,1-2H3,(H,18,21)/b13-9+. The molecule has 3 amide bonds. The lowest BCUT2D eigenvalue weighted by Crippen LogP contribution is -2.41. The van der Waals surface area contributed by atoms with Crippen LogP contribution in [0.2, 0.25) is 0 Å². The summed E-state index contributed by atoms with van der Waals surface area (Å²) in [7, 11) is 3.74. The minimum atomic E-state index is -0.587. The number of nitrogens with one attached hydrogen (secondary N) is 1. The van der Waals surface area contributed by atoms with E-state index in [1.54, 1.807) is 6.07 Å². The van der Waals surface area contributed by atoms with Crippen molar-refractivity contribution in [1.29, 1.82) is 0 Å². The number of rotatable bonds is 6. The van der Waals surface area contributed by atoms with Gasteiger partial charge in [0.1, 0.15) is 12.4 Å². The Bertz CT molecular complexity index is 691. The molecule has 2 rings (SSSR count). The lowest BCUT2D eigenvalue weighted by Gasteiger charge is -2.14. The molecule has 0 aliphatic carbocycles. The van der Waals surface area contributed by atoms with Gasteiger partial charge in [-0.2, -0.15) is 0 Å². The largest absolute Gasteiger partial charge is 0.353 e. The zero-order valence-electron chi connectivity index (χ0n) is 13.4. The van der Waals surface area contributed by atoms with E-state index in [0.29, 0.717) is 24.9 Å². The summed E-state index contributed by atoms with van der Waals surface area (Å²) >= 11 is 0.700. The molecule has 8 heteroatoms. The molecule has 128 valence electrons. The average molecular weight is 351 g/mol. The highest BCUT2D eigenvalue weighted by atomic mass is 32.2. The number of likely N-dealkylation sites (N-methyl/N-ethyl adjacent to an activating group) is 1. The summed E-state index contributed by atoms with van der Waals surface area (Å²) in [6, 6.07) is 5.96. The molecule has 24 heavy (non-hydrogen) atoms. The quantitative estimate of drug-likeness (QED) is 0.788. The first-order chi connectivity index (χ1) is 11.4. The van der Waals surface area contributed by atoms with E-state index in [4.69, 9.17) is 0 Å². The van der Waals surface area contributed by atoms with Crippen molar-refractivity contribution in [1.82, 2.24) is 15.1 Å². The molecule has 0 atom stereocenters. The smallest absolute Gasteiger partial charge is 0.294 e. The van der Waals surface area contributed by atoms with Crippen LogP contribution >= 0.6 is 11.8 Å². The van der Waals surface area contributed by atoms with Crippen molar-refractivity contribution in [3.8, 4) is 0 Å². The molecule has 0 unspecified atom stereocenters. The Morgan fingerprint density at radius 1 is 1.33 bits per heavy atom. The van der Waals surface area contributed by atoms with Gasteiger partial charge >= 0.3 is 0 Å². The second-order valence-corrected chi connectivity index (χ2v) is 6.44. The molecule has 0 radical (unpaired) electrons. The Hall–Kier alpha value is -2.19. The van der Waals surface area contributed by atoms with Crippen LogP contribution in [0.4, 0.5) is 9.18 Å². The number of benzene rings is 1. The van der Waals surface area contributed by atoms with Crippen molar-refractivity contribution in [2.75, 3.05) is 33.7 Å². The third-order valence-corrected chi connectivity index (χ3v) is 4.16. The van der Waals surface area contributed by atoms with Crippen LogP contribution in [0, 0.1) is 5.82 Å². The van der Waals surface area contributed by atoms with E-state index < -0.39 is 22.9 Å². The van der Waals surface area contributed by atoms with Crippen LogP contribution in [0.5, 0.6) is 0 Å². The van der Waals surface area contributed by atoms with E-state index in [9.17, 15) is 18.8 Å². The summed E-state index contributed by atoms with van der Waals surface area (Å²) in [5.41, 5.74) is 0.221. The first kappa shape index (κ1) is 18.2. The molecule has 1 N–H and O–H groups in total. The number of imide groups is 1. The molecule has 0 aromatic heterocycles. The fourth-order valence-electron chi connectivity index (χ4n) is 1.99. The van der Waals surface area contributed by atoms with Gasteiger partial charge < -0.3 is 10.2 Å². The van der Waals surface area contributed by atoms with Gasteiger partial charge in [-0.05, 0) is 38.0 Å². The van der Waals surface area contributed by atoms with Crippen molar-refractivity contribution in [2.24, 2.45) is 0 Å². The van der Waals surface area contributed by atoms with Crippen molar-refractivity contribution >= 4 is 34.9 Å². The highest BCUT2D eigenvalue weighted by Gasteiger charge is 2.36. The molecule has 0 spiro atoms. The number of thioether (sulfide) groups is 1. The first-order valence-corrected chi connectivity index (χ1v) is 8.11. The van der Waals surface area contributed by atoms with Crippen LogP contribution in [-0.2, 0) is 9.59 Å². The zero-order chi connectivity index (χ0) is 17.7. The van der Waals surface area contributed by atoms with Crippen LogP contribution in [-0.4, -0.2) is 60.6 Å². The Kier molecular flexibility index (Phi) is 6.10. The number of carbonyl (C=O) groups is 3. The minimum Gasteiger partial charge on any atom is -0.353 e. The summed E-state index contributed by atoms with van der Waals surface area (Å²) in [5.74, 6) is -1.48. The van der Waals surface area contributed by atoms with E-state index in [2.05, 4.69) is 5.32 Å². The molecular weight excluding hydrogens is 333 g/mol. The number of hydrogen-bond acceptors (Lipinski definition) is 5. The molecular formula is C16H18FN3O3S. The van der Waals surface area contributed by atoms with Gasteiger partial charge in [-0.15, -0.1) is 0 Å². The maximum absolute atomic E-state index is 13.6. The Morgan fingerprint density at radius 3 is 2.71 bits per heavy atom. The predicted molar refractivity (Wildman–Crippen MR) is 90.6 cm³/mol. The second kappa shape index (κ2) is 8.07. The van der Waals surface area contributed by atoms with Crippen molar-refractivity contribution in [3.05, 3.63) is 40.6 Å². The second-order valence-electron chi connectivity index (χ2n) is 5.44. The maximum atomic E-state index is 13.6. The first-order valence-electron chi connectivity index (χ1n) is 7.30. The fourth-order valence-corrected chi connectivity index (χ4v) is 2.82. The molecule has 0 bridgehead atoms. The van der Waals surface area contributed by atoms with Gasteiger partial charge in [0.15, 0.2) is 0 Å². The van der Waals surface area contributed by atoms with Crippen molar-refractivity contribution < 1.29 is 18.8 Å². The molecule has 1 aromatic carbocycles. The highest BCUT2D eigenvalue weighted by molar-refractivity contribution is 8.18. The summed E-state index contributed by atoms with van der Waals surface area (Å²) in [5, 5.41) is 2.10. The van der Waals surface area contributed by atoms with Gasteiger partial charge in [0, 0.05) is 18.7 Å². The lowest BCUT2D eigenvalue weighted by molar-refractivity contribution is -0.129. The molecule has 1 aliphatic heterocycles. The molecule has 6 nitrogen and oxygen atoms in total. The average Bonchev–Trinajstić information content (AvgIpc) is 2.77. The topological polar surface area (TPSA) is 69.7 Å². The molecule has 1 saturated heterocycles. The van der Waals surface area contributed by atoms with Crippen LogP contribution < -0.4 is 5.32 Å². The zero-order valence-corrected chi connectivity index (χ0v) is 14.2. The number of nitrogens with zero attached hydrogens (tertiary/aromatic N) is 2. The number of hydrogen-bond donors (Lipinski definition) is 1. The Balaban J connectivity index is 2.01. The van der Waals surface area contributed by atoms with Gasteiger partial charge in [0.25, 0.3) is 11.1 Å². The minimum absolute atomic E-state index is 0.103. The van der Waals surface area contributed by atoms with Crippen LogP contribution in [0.1, 0.15) is 5.56 Å². The van der Waals surface area contributed by atoms with E-state index in [1.807, 2.05) is 19.0 Å².